The molecule has 0 aromatic heterocycles. The zero-order valence-corrected chi connectivity index (χ0v) is 10.9. The highest BCUT2D eigenvalue weighted by atomic mass is 16.5. The second kappa shape index (κ2) is 7.65. The molecular formula is C13H20O4. The molecule has 0 N–H and O–H groups in total. The molecule has 4 heteroatoms. The van der Waals surface area contributed by atoms with E-state index in [1.807, 2.05) is 13.8 Å². The molecule has 0 aromatic rings. The number of hydrogen-bond acceptors (Lipinski definition) is 4. The molecule has 0 spiro atoms. The number of rotatable bonds is 6. The number of esters is 2. The second-order valence-electron chi connectivity index (χ2n) is 3.71. The molecule has 0 saturated heterocycles. The van der Waals surface area contributed by atoms with Crippen LogP contribution in [0.1, 0.15) is 27.7 Å². The molecule has 0 aromatic carbocycles. The Balaban J connectivity index is 4.92. The Hall–Kier alpha value is -1.58. The van der Waals surface area contributed by atoms with Crippen molar-refractivity contribution in [3.8, 4) is 0 Å². The predicted molar refractivity (Wildman–Crippen MR) is 65.3 cm³/mol. The molecule has 0 unspecified atom stereocenters. The first-order chi connectivity index (χ1) is 7.93. The van der Waals surface area contributed by atoms with Gasteiger partial charge in [-0.3, -0.25) is 0 Å². The van der Waals surface area contributed by atoms with E-state index in [-0.39, 0.29) is 18.1 Å². The third-order valence-corrected chi connectivity index (χ3v) is 2.05. The summed E-state index contributed by atoms with van der Waals surface area (Å²) in [4.78, 5) is 22.9. The zero-order chi connectivity index (χ0) is 13.4. The molecule has 0 fully saturated rings. The van der Waals surface area contributed by atoms with Crippen molar-refractivity contribution in [1.29, 1.82) is 0 Å². The van der Waals surface area contributed by atoms with Crippen LogP contribution in [0.5, 0.6) is 0 Å². The minimum atomic E-state index is -0.503. The zero-order valence-electron chi connectivity index (χ0n) is 10.9. The van der Waals surface area contributed by atoms with E-state index in [0.717, 1.165) is 0 Å². The second-order valence-corrected chi connectivity index (χ2v) is 3.71. The van der Waals surface area contributed by atoms with Gasteiger partial charge in [-0.05, 0) is 25.3 Å². The van der Waals surface area contributed by atoms with Crippen molar-refractivity contribution in [2.45, 2.75) is 27.7 Å². The lowest BCUT2D eigenvalue weighted by Crippen LogP contribution is -2.13. The molecule has 17 heavy (non-hydrogen) atoms. The molecule has 4 nitrogen and oxygen atoms in total. The smallest absolute Gasteiger partial charge is 0.337 e. The van der Waals surface area contributed by atoms with Gasteiger partial charge in [0.25, 0.3) is 0 Å². The summed E-state index contributed by atoms with van der Waals surface area (Å²) >= 11 is 0. The van der Waals surface area contributed by atoms with Crippen LogP contribution in [0.4, 0.5) is 0 Å². The number of ether oxygens (including phenoxy) is 2. The van der Waals surface area contributed by atoms with Crippen LogP contribution in [-0.4, -0.2) is 25.2 Å². The quantitative estimate of drug-likeness (QED) is 0.406. The van der Waals surface area contributed by atoms with Gasteiger partial charge in [0.05, 0.1) is 18.8 Å². The summed E-state index contributed by atoms with van der Waals surface area (Å²) in [6.07, 6.45) is 1.30. The molecule has 0 saturated carbocycles. The Kier molecular flexibility index (Phi) is 6.94. The van der Waals surface area contributed by atoms with E-state index in [1.165, 1.54) is 6.08 Å². The SMILES string of the molecule is C=C(C(=O)OCC)/C(=C/C(=O)OCC)C(C)C. The van der Waals surface area contributed by atoms with Crippen molar-refractivity contribution in [2.75, 3.05) is 13.2 Å². The maximum absolute atomic E-state index is 11.5. The average Bonchev–Trinajstić information content (AvgIpc) is 2.25. The van der Waals surface area contributed by atoms with E-state index >= 15 is 0 Å². The Labute approximate surface area is 102 Å². The van der Waals surface area contributed by atoms with E-state index in [4.69, 9.17) is 9.47 Å². The summed E-state index contributed by atoms with van der Waals surface area (Å²) in [6.45, 7) is 11.4. The molecule has 0 amide bonds. The van der Waals surface area contributed by atoms with Crippen molar-refractivity contribution in [2.24, 2.45) is 5.92 Å². The van der Waals surface area contributed by atoms with Gasteiger partial charge in [-0.15, -0.1) is 0 Å². The highest BCUT2D eigenvalue weighted by molar-refractivity contribution is 5.95. The normalized spacial score (nSPS) is 11.2. The summed E-state index contributed by atoms with van der Waals surface area (Å²) < 4.78 is 9.65. The fourth-order valence-electron chi connectivity index (χ4n) is 1.25. The molecule has 0 aliphatic rings. The van der Waals surface area contributed by atoms with Crippen molar-refractivity contribution in [3.63, 3.8) is 0 Å². The Bertz CT molecular complexity index is 326. The largest absolute Gasteiger partial charge is 0.463 e. The molecule has 0 heterocycles. The van der Waals surface area contributed by atoms with Crippen molar-refractivity contribution in [3.05, 3.63) is 23.8 Å². The van der Waals surface area contributed by atoms with Crippen LogP contribution in [0.2, 0.25) is 0 Å². The van der Waals surface area contributed by atoms with Crippen molar-refractivity contribution in [1.82, 2.24) is 0 Å². The fourth-order valence-corrected chi connectivity index (χ4v) is 1.25. The van der Waals surface area contributed by atoms with Gasteiger partial charge in [-0.2, -0.15) is 0 Å². The minimum absolute atomic E-state index is 0.00341. The predicted octanol–water partition coefficient (Wildman–Crippen LogP) is 2.25. The Morgan fingerprint density at radius 2 is 1.71 bits per heavy atom. The molecule has 0 aliphatic heterocycles. The first-order valence-corrected chi connectivity index (χ1v) is 5.68. The monoisotopic (exact) mass is 240 g/mol. The molecule has 96 valence electrons. The van der Waals surface area contributed by atoms with Crippen LogP contribution in [-0.2, 0) is 19.1 Å². The molecule has 0 radical (unpaired) electrons. The Morgan fingerprint density at radius 3 is 2.12 bits per heavy atom. The molecule has 0 atom stereocenters. The summed E-state index contributed by atoms with van der Waals surface area (Å²) in [6, 6.07) is 0. The van der Waals surface area contributed by atoms with Crippen LogP contribution in [0.15, 0.2) is 23.8 Å². The van der Waals surface area contributed by atoms with E-state index in [0.29, 0.717) is 12.2 Å². The summed E-state index contributed by atoms with van der Waals surface area (Å²) in [5, 5.41) is 0. The highest BCUT2D eigenvalue weighted by Gasteiger charge is 2.17. The van der Waals surface area contributed by atoms with Gasteiger partial charge in [0.15, 0.2) is 0 Å². The number of carbonyl (C=O) groups excluding carboxylic acids is 2. The molecule has 0 aliphatic carbocycles. The standard InChI is InChI=1S/C13H20O4/c1-6-16-12(14)8-11(9(3)4)10(5)13(15)17-7-2/h8-9H,5-7H2,1-4H3/b11-8+. The average molecular weight is 240 g/mol. The van der Waals surface area contributed by atoms with E-state index in [1.54, 1.807) is 13.8 Å². The molecular weight excluding hydrogens is 220 g/mol. The first-order valence-electron chi connectivity index (χ1n) is 5.68. The number of hydrogen-bond donors (Lipinski definition) is 0. The maximum atomic E-state index is 11.5. The van der Waals surface area contributed by atoms with Gasteiger partial charge in [0.1, 0.15) is 0 Å². The van der Waals surface area contributed by atoms with Gasteiger partial charge in [-0.1, -0.05) is 20.4 Å². The van der Waals surface area contributed by atoms with E-state index in [9.17, 15) is 9.59 Å². The number of carbonyl (C=O) groups is 2. The lowest BCUT2D eigenvalue weighted by atomic mass is 9.96. The third-order valence-electron chi connectivity index (χ3n) is 2.05. The van der Waals surface area contributed by atoms with Crippen molar-refractivity contribution < 1.29 is 19.1 Å². The van der Waals surface area contributed by atoms with Gasteiger partial charge in [0.2, 0.25) is 0 Å². The summed E-state index contributed by atoms with van der Waals surface area (Å²) in [5.74, 6) is -0.977. The van der Waals surface area contributed by atoms with Gasteiger partial charge in [-0.25, -0.2) is 9.59 Å². The lowest BCUT2D eigenvalue weighted by Gasteiger charge is -2.13. The summed E-state index contributed by atoms with van der Waals surface area (Å²) in [5.41, 5.74) is 0.747. The Morgan fingerprint density at radius 1 is 1.18 bits per heavy atom. The molecule has 0 rings (SSSR count). The van der Waals surface area contributed by atoms with Crippen LogP contribution in [0.25, 0.3) is 0 Å². The fraction of sp³-hybridized carbons (Fsp3) is 0.538. The van der Waals surface area contributed by atoms with Gasteiger partial charge >= 0.3 is 11.9 Å². The highest BCUT2D eigenvalue weighted by Crippen LogP contribution is 2.19. The minimum Gasteiger partial charge on any atom is -0.463 e. The topological polar surface area (TPSA) is 52.6 Å². The summed E-state index contributed by atoms with van der Waals surface area (Å²) in [7, 11) is 0. The van der Waals surface area contributed by atoms with Crippen LogP contribution >= 0.6 is 0 Å². The van der Waals surface area contributed by atoms with Crippen LogP contribution in [0, 0.1) is 5.92 Å². The molecule has 0 bridgehead atoms. The first kappa shape index (κ1) is 15.4. The van der Waals surface area contributed by atoms with E-state index < -0.39 is 11.9 Å². The van der Waals surface area contributed by atoms with Gasteiger partial charge < -0.3 is 9.47 Å². The third kappa shape index (κ3) is 5.33. The maximum Gasteiger partial charge on any atom is 0.337 e. The van der Waals surface area contributed by atoms with Crippen LogP contribution in [0.3, 0.4) is 0 Å². The van der Waals surface area contributed by atoms with Crippen LogP contribution < -0.4 is 0 Å². The lowest BCUT2D eigenvalue weighted by molar-refractivity contribution is -0.138. The van der Waals surface area contributed by atoms with Gasteiger partial charge in [0, 0.05) is 6.08 Å². The van der Waals surface area contributed by atoms with Crippen molar-refractivity contribution >= 4 is 11.9 Å². The van der Waals surface area contributed by atoms with E-state index in [2.05, 4.69) is 6.58 Å².